The lowest BCUT2D eigenvalue weighted by Crippen LogP contribution is -2.31. The average molecular weight is 271 g/mol. The summed E-state index contributed by atoms with van der Waals surface area (Å²) in [6.07, 6.45) is 1.09. The van der Waals surface area contributed by atoms with Gasteiger partial charge in [-0.15, -0.1) is 0 Å². The normalized spacial score (nSPS) is 15.2. The van der Waals surface area contributed by atoms with Crippen molar-refractivity contribution in [2.45, 2.75) is 19.4 Å². The predicted octanol–water partition coefficient (Wildman–Crippen LogP) is 2.41. The number of hydrogen-bond donors (Lipinski definition) is 1. The molecule has 1 atom stereocenters. The molecular weight excluding hydrogens is 252 g/mol. The molecule has 5 heteroatoms. The molecule has 0 aliphatic carbocycles. The van der Waals surface area contributed by atoms with Gasteiger partial charge in [0.25, 0.3) is 0 Å². The minimum absolute atomic E-state index is 0.150. The Balaban J connectivity index is 2.29. The van der Waals surface area contributed by atoms with E-state index < -0.39 is 0 Å². The second-order valence-corrected chi connectivity index (χ2v) is 4.88. The fourth-order valence-electron chi connectivity index (χ4n) is 2.26. The predicted molar refractivity (Wildman–Crippen MR) is 72.3 cm³/mol. The van der Waals surface area contributed by atoms with E-state index in [1.165, 1.54) is 0 Å². The summed E-state index contributed by atoms with van der Waals surface area (Å²) in [5.74, 6) is 1.34. The number of hydrogen-bond acceptors (Lipinski definition) is 4. The Labute approximate surface area is 113 Å². The Morgan fingerprint density at radius 1 is 1.44 bits per heavy atom. The number of likely N-dealkylation sites (N-methyl/N-ethyl adjacent to an activating group) is 1. The van der Waals surface area contributed by atoms with Crippen LogP contribution in [0.5, 0.6) is 11.5 Å². The van der Waals surface area contributed by atoms with Crippen LogP contribution >= 0.6 is 11.6 Å². The number of ether oxygens (including phenoxy) is 2. The van der Waals surface area contributed by atoms with Crippen molar-refractivity contribution < 1.29 is 9.47 Å². The largest absolute Gasteiger partial charge is 0.454 e. The van der Waals surface area contributed by atoms with E-state index in [-0.39, 0.29) is 12.8 Å². The van der Waals surface area contributed by atoms with Gasteiger partial charge in [0.2, 0.25) is 6.79 Å². The average Bonchev–Trinajstić information content (AvgIpc) is 2.79. The van der Waals surface area contributed by atoms with E-state index in [2.05, 4.69) is 18.9 Å². The Morgan fingerprint density at radius 2 is 2.22 bits per heavy atom. The monoisotopic (exact) mass is 270 g/mol. The summed E-state index contributed by atoms with van der Waals surface area (Å²) in [6, 6.07) is 4.04. The molecule has 1 aromatic carbocycles. The Bertz CT molecular complexity index is 426. The van der Waals surface area contributed by atoms with Crippen LogP contribution in [0.1, 0.15) is 24.9 Å². The van der Waals surface area contributed by atoms with Crippen molar-refractivity contribution in [2.24, 2.45) is 5.73 Å². The summed E-state index contributed by atoms with van der Waals surface area (Å²) in [7, 11) is 2.07. The van der Waals surface area contributed by atoms with Gasteiger partial charge in [0, 0.05) is 12.6 Å². The van der Waals surface area contributed by atoms with Gasteiger partial charge in [-0.25, -0.2) is 0 Å². The first kappa shape index (κ1) is 13.5. The van der Waals surface area contributed by atoms with Crippen molar-refractivity contribution in [3.05, 3.63) is 22.7 Å². The summed E-state index contributed by atoms with van der Waals surface area (Å²) in [4.78, 5) is 2.23. The van der Waals surface area contributed by atoms with E-state index in [0.717, 1.165) is 18.5 Å². The highest BCUT2D eigenvalue weighted by Gasteiger charge is 2.22. The van der Waals surface area contributed by atoms with Crippen molar-refractivity contribution in [3.8, 4) is 11.5 Å². The number of halogens is 1. The first-order valence-corrected chi connectivity index (χ1v) is 6.54. The van der Waals surface area contributed by atoms with Gasteiger partial charge in [0.15, 0.2) is 11.5 Å². The lowest BCUT2D eigenvalue weighted by atomic mass is 10.0. The van der Waals surface area contributed by atoms with E-state index in [9.17, 15) is 0 Å². The molecule has 0 aromatic heterocycles. The number of benzene rings is 1. The van der Waals surface area contributed by atoms with Gasteiger partial charge in [0.1, 0.15) is 0 Å². The third-order valence-corrected chi connectivity index (χ3v) is 3.45. The van der Waals surface area contributed by atoms with Crippen molar-refractivity contribution in [1.29, 1.82) is 0 Å². The standard InChI is InChI=1S/C13H19ClN2O2/c1-3-4-16(2)11(7-15)9-5-10(14)13-12(6-9)17-8-18-13/h5-6,11H,3-4,7-8,15H2,1-2H3. The van der Waals surface area contributed by atoms with Crippen LogP contribution in [0.3, 0.4) is 0 Å². The molecule has 1 aliphatic rings. The van der Waals surface area contributed by atoms with Crippen LogP contribution in [-0.2, 0) is 0 Å². The molecule has 1 unspecified atom stereocenters. The summed E-state index contributed by atoms with van der Waals surface area (Å²) >= 11 is 6.19. The molecule has 18 heavy (non-hydrogen) atoms. The van der Waals surface area contributed by atoms with Crippen LogP contribution in [0.15, 0.2) is 12.1 Å². The Hall–Kier alpha value is -0.970. The molecule has 0 saturated heterocycles. The highest BCUT2D eigenvalue weighted by molar-refractivity contribution is 6.32. The van der Waals surface area contributed by atoms with Crippen molar-refractivity contribution in [3.63, 3.8) is 0 Å². The molecular formula is C13H19ClN2O2. The molecule has 100 valence electrons. The van der Waals surface area contributed by atoms with Crippen LogP contribution in [0.2, 0.25) is 5.02 Å². The second kappa shape index (κ2) is 5.78. The summed E-state index contributed by atoms with van der Waals surface area (Å²) in [5.41, 5.74) is 6.95. The smallest absolute Gasteiger partial charge is 0.231 e. The molecule has 1 aliphatic heterocycles. The minimum atomic E-state index is 0.150. The van der Waals surface area contributed by atoms with Crippen LogP contribution in [0.25, 0.3) is 0 Å². The molecule has 0 radical (unpaired) electrons. The minimum Gasteiger partial charge on any atom is -0.454 e. The van der Waals surface area contributed by atoms with Gasteiger partial charge in [-0.2, -0.15) is 0 Å². The first-order valence-electron chi connectivity index (χ1n) is 6.16. The topological polar surface area (TPSA) is 47.7 Å². The maximum absolute atomic E-state index is 6.19. The number of rotatable bonds is 5. The fraction of sp³-hybridized carbons (Fsp3) is 0.538. The zero-order chi connectivity index (χ0) is 13.1. The molecule has 0 amide bonds. The van der Waals surface area contributed by atoms with Crippen LogP contribution in [0.4, 0.5) is 0 Å². The van der Waals surface area contributed by atoms with E-state index in [1.807, 2.05) is 12.1 Å². The van der Waals surface area contributed by atoms with Crippen LogP contribution < -0.4 is 15.2 Å². The zero-order valence-electron chi connectivity index (χ0n) is 10.8. The van der Waals surface area contributed by atoms with E-state index >= 15 is 0 Å². The molecule has 0 saturated carbocycles. The van der Waals surface area contributed by atoms with Crippen LogP contribution in [-0.4, -0.2) is 31.8 Å². The van der Waals surface area contributed by atoms with Crippen LogP contribution in [0, 0.1) is 0 Å². The molecule has 0 spiro atoms. The molecule has 4 nitrogen and oxygen atoms in total. The molecule has 1 heterocycles. The lowest BCUT2D eigenvalue weighted by molar-refractivity contribution is 0.174. The van der Waals surface area contributed by atoms with Gasteiger partial charge < -0.3 is 15.2 Å². The molecule has 2 rings (SSSR count). The van der Waals surface area contributed by atoms with Crippen molar-refractivity contribution in [1.82, 2.24) is 4.90 Å². The van der Waals surface area contributed by atoms with Crippen molar-refractivity contribution >= 4 is 11.6 Å². The third-order valence-electron chi connectivity index (χ3n) is 3.17. The Kier molecular flexibility index (Phi) is 4.32. The van der Waals surface area contributed by atoms with Gasteiger partial charge in [-0.05, 0) is 37.7 Å². The maximum Gasteiger partial charge on any atom is 0.231 e. The van der Waals surface area contributed by atoms with Gasteiger partial charge >= 0.3 is 0 Å². The zero-order valence-corrected chi connectivity index (χ0v) is 11.5. The van der Waals surface area contributed by atoms with E-state index in [4.69, 9.17) is 26.8 Å². The summed E-state index contributed by atoms with van der Waals surface area (Å²) in [5, 5.41) is 0.586. The number of nitrogens with two attached hydrogens (primary N) is 1. The SMILES string of the molecule is CCCN(C)C(CN)c1cc(Cl)c2c(c1)OCO2. The van der Waals surface area contributed by atoms with Gasteiger partial charge in [0.05, 0.1) is 5.02 Å². The first-order chi connectivity index (χ1) is 8.67. The fourth-order valence-corrected chi connectivity index (χ4v) is 2.53. The lowest BCUT2D eigenvalue weighted by Gasteiger charge is -2.27. The summed E-state index contributed by atoms with van der Waals surface area (Å²) < 4.78 is 10.7. The number of fused-ring (bicyclic) bond motifs is 1. The van der Waals surface area contributed by atoms with E-state index in [1.54, 1.807) is 0 Å². The third kappa shape index (κ3) is 2.55. The molecule has 1 aromatic rings. The Morgan fingerprint density at radius 3 is 2.89 bits per heavy atom. The quantitative estimate of drug-likeness (QED) is 0.893. The molecule has 0 fully saturated rings. The summed E-state index contributed by atoms with van der Waals surface area (Å²) in [6.45, 7) is 3.92. The second-order valence-electron chi connectivity index (χ2n) is 4.47. The highest BCUT2D eigenvalue weighted by atomic mass is 35.5. The van der Waals surface area contributed by atoms with Crippen molar-refractivity contribution in [2.75, 3.05) is 26.9 Å². The highest BCUT2D eigenvalue weighted by Crippen LogP contribution is 2.41. The number of nitrogens with zero attached hydrogens (tertiary/aromatic N) is 1. The van der Waals surface area contributed by atoms with Gasteiger partial charge in [-0.3, -0.25) is 4.90 Å². The maximum atomic E-state index is 6.19. The van der Waals surface area contributed by atoms with E-state index in [0.29, 0.717) is 23.1 Å². The van der Waals surface area contributed by atoms with Gasteiger partial charge in [-0.1, -0.05) is 18.5 Å². The molecule has 2 N–H and O–H groups in total. The molecule has 0 bridgehead atoms.